The molecule has 0 rings (SSSR count). The second kappa shape index (κ2) is 5.98. The molecule has 1 unspecified atom stereocenters. The van der Waals surface area contributed by atoms with Gasteiger partial charge in [0.25, 0.3) is 0 Å². The molecular weight excluding hydrogens is 164 g/mol. The fourth-order valence-electron chi connectivity index (χ4n) is 1.69. The van der Waals surface area contributed by atoms with Gasteiger partial charge in [-0.15, -0.1) is 12.3 Å². The van der Waals surface area contributed by atoms with Gasteiger partial charge >= 0.3 is 0 Å². The van der Waals surface area contributed by atoms with Crippen LogP contribution in [0.3, 0.4) is 0 Å². The summed E-state index contributed by atoms with van der Waals surface area (Å²) in [5, 5.41) is 0. The van der Waals surface area contributed by atoms with Gasteiger partial charge in [0.05, 0.1) is 11.6 Å². The topological polar surface area (TPSA) is 47.3 Å². The highest BCUT2D eigenvalue weighted by molar-refractivity contribution is 4.99. The maximum absolute atomic E-state index is 5.50. The van der Waals surface area contributed by atoms with Crippen LogP contribution in [0.15, 0.2) is 0 Å². The predicted octanol–water partition coefficient (Wildman–Crippen LogP) is 1.05. The standard InChI is InChI=1S/C10H20N2O/c1-5-8-9(12-11)10(6-2,7-3)13-4/h1,9,12H,6-8,11H2,2-4H3. The van der Waals surface area contributed by atoms with Crippen molar-refractivity contribution in [1.29, 1.82) is 0 Å². The van der Waals surface area contributed by atoms with E-state index in [4.69, 9.17) is 17.0 Å². The Morgan fingerprint density at radius 1 is 1.54 bits per heavy atom. The average molecular weight is 184 g/mol. The molecule has 0 saturated heterocycles. The van der Waals surface area contributed by atoms with E-state index in [-0.39, 0.29) is 11.6 Å². The van der Waals surface area contributed by atoms with E-state index in [0.29, 0.717) is 6.42 Å². The summed E-state index contributed by atoms with van der Waals surface area (Å²) in [6.45, 7) is 4.15. The lowest BCUT2D eigenvalue weighted by Crippen LogP contribution is -2.53. The van der Waals surface area contributed by atoms with Gasteiger partial charge < -0.3 is 4.74 Å². The van der Waals surface area contributed by atoms with E-state index >= 15 is 0 Å². The number of hydrogen-bond donors (Lipinski definition) is 2. The normalized spacial score (nSPS) is 13.8. The number of nitrogens with two attached hydrogens (primary N) is 1. The molecule has 0 aliphatic carbocycles. The van der Waals surface area contributed by atoms with Gasteiger partial charge in [-0.05, 0) is 12.8 Å². The molecular formula is C10H20N2O. The van der Waals surface area contributed by atoms with Crippen LogP contribution in [0.1, 0.15) is 33.1 Å². The quantitative estimate of drug-likeness (QED) is 0.368. The zero-order chi connectivity index (χ0) is 10.3. The summed E-state index contributed by atoms with van der Waals surface area (Å²) in [6, 6.07) is 0.0255. The van der Waals surface area contributed by atoms with E-state index in [1.165, 1.54) is 0 Å². The van der Waals surface area contributed by atoms with Crippen molar-refractivity contribution in [2.24, 2.45) is 5.84 Å². The van der Waals surface area contributed by atoms with Crippen molar-refractivity contribution < 1.29 is 4.74 Å². The van der Waals surface area contributed by atoms with Crippen molar-refractivity contribution in [1.82, 2.24) is 5.43 Å². The van der Waals surface area contributed by atoms with E-state index in [2.05, 4.69) is 25.2 Å². The fraction of sp³-hybridized carbons (Fsp3) is 0.800. The van der Waals surface area contributed by atoms with Gasteiger partial charge in [-0.1, -0.05) is 13.8 Å². The van der Waals surface area contributed by atoms with Crippen LogP contribution in [0.2, 0.25) is 0 Å². The van der Waals surface area contributed by atoms with Crippen LogP contribution >= 0.6 is 0 Å². The predicted molar refractivity (Wildman–Crippen MR) is 54.9 cm³/mol. The number of terminal acetylenes is 1. The van der Waals surface area contributed by atoms with Crippen LogP contribution in [-0.4, -0.2) is 18.8 Å². The maximum Gasteiger partial charge on any atom is 0.0848 e. The molecule has 13 heavy (non-hydrogen) atoms. The molecule has 0 amide bonds. The molecule has 3 nitrogen and oxygen atoms in total. The molecule has 0 radical (unpaired) electrons. The largest absolute Gasteiger partial charge is 0.377 e. The molecule has 3 N–H and O–H groups in total. The summed E-state index contributed by atoms with van der Waals surface area (Å²) in [4.78, 5) is 0. The van der Waals surface area contributed by atoms with Crippen molar-refractivity contribution >= 4 is 0 Å². The average Bonchev–Trinajstić information content (AvgIpc) is 2.19. The third-order valence-electron chi connectivity index (χ3n) is 2.76. The van der Waals surface area contributed by atoms with Gasteiger partial charge in [0.2, 0.25) is 0 Å². The maximum atomic E-state index is 5.50. The molecule has 0 aromatic heterocycles. The summed E-state index contributed by atoms with van der Waals surface area (Å²) in [6.07, 6.45) is 7.65. The van der Waals surface area contributed by atoms with Crippen molar-refractivity contribution in [3.8, 4) is 12.3 Å². The van der Waals surface area contributed by atoms with Gasteiger partial charge in [0.1, 0.15) is 0 Å². The molecule has 0 fully saturated rings. The van der Waals surface area contributed by atoms with E-state index in [0.717, 1.165) is 12.8 Å². The Balaban J connectivity index is 4.57. The van der Waals surface area contributed by atoms with Gasteiger partial charge in [-0.25, -0.2) is 0 Å². The lowest BCUT2D eigenvalue weighted by Gasteiger charge is -2.37. The van der Waals surface area contributed by atoms with Crippen LogP contribution < -0.4 is 11.3 Å². The fourth-order valence-corrected chi connectivity index (χ4v) is 1.69. The van der Waals surface area contributed by atoms with Crippen LogP contribution in [-0.2, 0) is 4.74 Å². The van der Waals surface area contributed by atoms with Gasteiger partial charge in [0.15, 0.2) is 0 Å². The highest BCUT2D eigenvalue weighted by Crippen LogP contribution is 2.25. The molecule has 0 aromatic rings. The Bertz CT molecular complexity index is 162. The Kier molecular flexibility index (Phi) is 5.72. The van der Waals surface area contributed by atoms with Crippen LogP contribution in [0.25, 0.3) is 0 Å². The van der Waals surface area contributed by atoms with Gasteiger partial charge in [0, 0.05) is 13.5 Å². The van der Waals surface area contributed by atoms with Gasteiger partial charge in [-0.2, -0.15) is 0 Å². The highest BCUT2D eigenvalue weighted by Gasteiger charge is 2.34. The lowest BCUT2D eigenvalue weighted by molar-refractivity contribution is -0.0461. The van der Waals surface area contributed by atoms with E-state index < -0.39 is 0 Å². The van der Waals surface area contributed by atoms with Crippen LogP contribution in [0.4, 0.5) is 0 Å². The number of nitrogens with one attached hydrogen (secondary N) is 1. The molecule has 0 aliphatic heterocycles. The van der Waals surface area contributed by atoms with Crippen LogP contribution in [0, 0.1) is 12.3 Å². The molecule has 3 heteroatoms. The second-order valence-corrected chi connectivity index (χ2v) is 3.10. The third-order valence-corrected chi connectivity index (χ3v) is 2.76. The van der Waals surface area contributed by atoms with Gasteiger partial charge in [-0.3, -0.25) is 11.3 Å². The minimum atomic E-state index is -0.235. The summed E-state index contributed by atoms with van der Waals surface area (Å²) in [5.74, 6) is 8.05. The molecule has 76 valence electrons. The Hall–Kier alpha value is -0.560. The molecule has 0 bridgehead atoms. The number of methoxy groups -OCH3 is 1. The monoisotopic (exact) mass is 184 g/mol. The lowest BCUT2D eigenvalue weighted by atomic mass is 9.87. The van der Waals surface area contributed by atoms with E-state index in [9.17, 15) is 0 Å². The number of rotatable bonds is 6. The number of hydrogen-bond acceptors (Lipinski definition) is 3. The van der Waals surface area contributed by atoms with Crippen LogP contribution in [0.5, 0.6) is 0 Å². The minimum Gasteiger partial charge on any atom is -0.377 e. The molecule has 0 aromatic carbocycles. The highest BCUT2D eigenvalue weighted by atomic mass is 16.5. The zero-order valence-electron chi connectivity index (χ0n) is 8.76. The summed E-state index contributed by atoms with van der Waals surface area (Å²) < 4.78 is 5.50. The Morgan fingerprint density at radius 3 is 2.31 bits per heavy atom. The Morgan fingerprint density at radius 2 is 2.08 bits per heavy atom. The Labute approximate surface area is 81.0 Å². The zero-order valence-corrected chi connectivity index (χ0v) is 8.76. The number of ether oxygens (including phenoxy) is 1. The minimum absolute atomic E-state index is 0.0255. The molecule has 0 heterocycles. The first-order valence-electron chi connectivity index (χ1n) is 4.65. The second-order valence-electron chi connectivity index (χ2n) is 3.10. The molecule has 0 spiro atoms. The molecule has 1 atom stereocenters. The van der Waals surface area contributed by atoms with Crippen molar-refractivity contribution in [3.05, 3.63) is 0 Å². The van der Waals surface area contributed by atoms with E-state index in [1.807, 2.05) is 0 Å². The SMILES string of the molecule is C#CCC(NN)C(CC)(CC)OC. The van der Waals surface area contributed by atoms with Crippen molar-refractivity contribution in [2.45, 2.75) is 44.8 Å². The van der Waals surface area contributed by atoms with E-state index in [1.54, 1.807) is 7.11 Å². The smallest absolute Gasteiger partial charge is 0.0848 e. The third kappa shape index (κ3) is 2.70. The molecule has 0 saturated carbocycles. The number of hydrazine groups is 1. The first-order valence-corrected chi connectivity index (χ1v) is 4.65. The molecule has 0 aliphatic rings. The van der Waals surface area contributed by atoms with Crippen molar-refractivity contribution in [3.63, 3.8) is 0 Å². The summed E-state index contributed by atoms with van der Waals surface area (Å²) >= 11 is 0. The first-order chi connectivity index (χ1) is 6.20. The van der Waals surface area contributed by atoms with Crippen molar-refractivity contribution in [2.75, 3.05) is 7.11 Å². The summed E-state index contributed by atoms with van der Waals surface area (Å²) in [7, 11) is 1.70. The first kappa shape index (κ1) is 12.4. The summed E-state index contributed by atoms with van der Waals surface area (Å²) in [5.41, 5.74) is 2.49.